The molecule has 4 aromatic rings. The number of hydrogen-bond donors (Lipinski definition) is 6. The molecule has 34 heavy (non-hydrogen) atoms. The van der Waals surface area contributed by atoms with Crippen molar-refractivity contribution in [3.63, 3.8) is 0 Å². The molecule has 14 heteroatoms. The molecule has 172 valence electrons. The summed E-state index contributed by atoms with van der Waals surface area (Å²) in [5, 5.41) is 13.4. The monoisotopic (exact) mass is 461 g/mol. The number of amides is 1. The van der Waals surface area contributed by atoms with Crippen molar-refractivity contribution >= 4 is 57.6 Å². The number of carbonyl (C=O) groups is 2. The van der Waals surface area contributed by atoms with E-state index in [2.05, 4.69) is 45.8 Å². The highest BCUT2D eigenvalue weighted by Crippen LogP contribution is 2.20. The van der Waals surface area contributed by atoms with Crippen molar-refractivity contribution < 1.29 is 9.59 Å². The summed E-state index contributed by atoms with van der Waals surface area (Å²) in [7, 11) is 0. The first-order valence-electron chi connectivity index (χ1n) is 9.85. The number of Topliss-reactive ketones (excluding diaryl/α,β-unsaturated/α-hetero) is 1. The summed E-state index contributed by atoms with van der Waals surface area (Å²) in [4.78, 5) is 52.7. The Morgan fingerprint density at radius 1 is 0.941 bits per heavy atom. The number of nitrogens with zero attached hydrogens (tertiary/aromatic N) is 5. The lowest BCUT2D eigenvalue weighted by molar-refractivity contribution is -0.126. The zero-order chi connectivity index (χ0) is 24.2. The Hall–Kier alpha value is -5.14. The maximum Gasteiger partial charge on any atom is 0.323 e. The number of benzene rings is 2. The fourth-order valence-corrected chi connectivity index (χ4v) is 2.97. The average Bonchev–Trinajstić information content (AvgIpc) is 3.13. The Morgan fingerprint density at radius 3 is 2.26 bits per heavy atom. The molecule has 0 saturated heterocycles. The second-order valence-corrected chi connectivity index (χ2v) is 7.10. The summed E-state index contributed by atoms with van der Waals surface area (Å²) in [5.41, 5.74) is 13.2. The van der Waals surface area contributed by atoms with Gasteiger partial charge in [0.05, 0.1) is 16.7 Å². The highest BCUT2D eigenvalue weighted by molar-refractivity contribution is 6.10. The molecule has 14 nitrogen and oxygen atoms in total. The van der Waals surface area contributed by atoms with Crippen LogP contribution in [0.1, 0.15) is 6.92 Å². The average molecular weight is 461 g/mol. The van der Waals surface area contributed by atoms with Gasteiger partial charge in [0.15, 0.2) is 5.78 Å². The lowest BCUT2D eigenvalue weighted by atomic mass is 10.2. The molecule has 2 heterocycles. The number of H-pyrrole nitrogens is 2. The quantitative estimate of drug-likeness (QED) is 0.173. The third-order valence-electron chi connectivity index (χ3n) is 4.50. The largest absolute Gasteiger partial charge is 0.368 e. The summed E-state index contributed by atoms with van der Waals surface area (Å²) in [6.07, 6.45) is 0. The summed E-state index contributed by atoms with van der Waals surface area (Å²) >= 11 is 0. The Kier molecular flexibility index (Phi) is 5.94. The molecular weight excluding hydrogens is 442 g/mol. The zero-order valence-electron chi connectivity index (χ0n) is 17.7. The van der Waals surface area contributed by atoms with E-state index in [1.807, 2.05) is 0 Å². The van der Waals surface area contributed by atoms with Crippen LogP contribution in [0, 0.1) is 0 Å². The van der Waals surface area contributed by atoms with Crippen LogP contribution in [0.4, 0.5) is 34.9 Å². The van der Waals surface area contributed by atoms with Crippen molar-refractivity contribution in [3.05, 3.63) is 52.9 Å². The smallest absolute Gasteiger partial charge is 0.323 e. The molecule has 0 aliphatic carbocycles. The van der Waals surface area contributed by atoms with Crippen molar-refractivity contribution in [1.29, 1.82) is 0 Å². The van der Waals surface area contributed by atoms with Crippen LogP contribution in [0.3, 0.4) is 0 Å². The van der Waals surface area contributed by atoms with Gasteiger partial charge in [-0.2, -0.15) is 25.2 Å². The number of nitrogens with one attached hydrogen (secondary N) is 4. The summed E-state index contributed by atoms with van der Waals surface area (Å²) in [6.45, 7) is 1.25. The standard InChI is InChI=1S/C20H19N11O3/c1-9(32)15(16(33)23-12-6-7-13-14(8-12)26-20(34)25-13)31-30-11-4-2-10(3-5-11)24-19-28-17(21)27-18(22)29-19/h2-8,15H,1H3,(H,23,33)(H2,25,26,34)(H5,21,22,24,27,28,29)/b31-30+. The first-order chi connectivity index (χ1) is 16.3. The number of fused-ring (bicyclic) bond motifs is 1. The first-order valence-corrected chi connectivity index (χ1v) is 9.85. The fraction of sp³-hybridized carbons (Fsp3) is 0.100. The second-order valence-electron chi connectivity index (χ2n) is 7.10. The van der Waals surface area contributed by atoms with Crippen molar-refractivity contribution in [2.75, 3.05) is 22.1 Å². The molecule has 2 aromatic carbocycles. The molecule has 8 N–H and O–H groups in total. The maximum atomic E-state index is 12.6. The lowest BCUT2D eigenvalue weighted by Crippen LogP contribution is -2.31. The van der Waals surface area contributed by atoms with Crippen LogP contribution >= 0.6 is 0 Å². The number of nitrogens with two attached hydrogens (primary N) is 2. The van der Waals surface area contributed by atoms with Gasteiger partial charge in [-0.15, -0.1) is 0 Å². The van der Waals surface area contributed by atoms with Gasteiger partial charge in [-0.1, -0.05) is 0 Å². The molecule has 0 radical (unpaired) electrons. The normalized spacial score (nSPS) is 12.0. The topological polar surface area (TPSA) is 222 Å². The summed E-state index contributed by atoms with van der Waals surface area (Å²) in [5.74, 6) is -1.00. The van der Waals surface area contributed by atoms with E-state index < -0.39 is 17.7 Å². The van der Waals surface area contributed by atoms with Gasteiger partial charge < -0.3 is 32.1 Å². The highest BCUT2D eigenvalue weighted by Gasteiger charge is 2.23. The van der Waals surface area contributed by atoms with Crippen LogP contribution in [0.5, 0.6) is 0 Å². The van der Waals surface area contributed by atoms with Gasteiger partial charge in [-0.25, -0.2) is 4.79 Å². The molecule has 4 rings (SSSR count). The Labute approximate surface area is 190 Å². The minimum Gasteiger partial charge on any atom is -0.368 e. The summed E-state index contributed by atoms with van der Waals surface area (Å²) in [6, 6.07) is 10.0. The molecule has 2 aromatic heterocycles. The predicted octanol–water partition coefficient (Wildman–Crippen LogP) is 1.63. The van der Waals surface area contributed by atoms with E-state index in [9.17, 15) is 14.4 Å². The Morgan fingerprint density at radius 2 is 1.59 bits per heavy atom. The number of aromatic amines is 2. The molecule has 0 bridgehead atoms. The first kappa shape index (κ1) is 22.1. The second kappa shape index (κ2) is 9.15. The SMILES string of the molecule is CC(=O)C(/N=N/c1ccc(Nc2nc(N)nc(N)n2)cc1)C(=O)Nc1ccc2[nH]c(=O)[nH]c2c1. The zero-order valence-corrected chi connectivity index (χ0v) is 17.7. The number of anilines is 5. The van der Waals surface area contributed by atoms with Crippen LogP contribution in [0.25, 0.3) is 11.0 Å². The number of ketones is 1. The molecule has 1 unspecified atom stereocenters. The number of aromatic nitrogens is 5. The van der Waals surface area contributed by atoms with Gasteiger partial charge in [-0.05, 0) is 49.4 Å². The molecule has 0 aliphatic heterocycles. The van der Waals surface area contributed by atoms with Gasteiger partial charge in [-0.3, -0.25) is 9.59 Å². The Bertz CT molecular complexity index is 1440. The van der Waals surface area contributed by atoms with Crippen LogP contribution in [-0.2, 0) is 9.59 Å². The van der Waals surface area contributed by atoms with Gasteiger partial charge in [0.1, 0.15) is 0 Å². The van der Waals surface area contributed by atoms with Crippen molar-refractivity contribution in [2.24, 2.45) is 10.2 Å². The minimum atomic E-state index is -1.35. The molecule has 0 fully saturated rings. The van der Waals surface area contributed by atoms with Crippen molar-refractivity contribution in [3.8, 4) is 0 Å². The highest BCUT2D eigenvalue weighted by atomic mass is 16.2. The fourth-order valence-electron chi connectivity index (χ4n) is 2.97. The van der Waals surface area contributed by atoms with Gasteiger partial charge in [0, 0.05) is 11.4 Å². The molecule has 0 aliphatic rings. The van der Waals surface area contributed by atoms with E-state index >= 15 is 0 Å². The minimum absolute atomic E-state index is 0.0183. The van der Waals surface area contributed by atoms with E-state index in [0.717, 1.165) is 0 Å². The van der Waals surface area contributed by atoms with Gasteiger partial charge in [0.25, 0.3) is 5.91 Å². The van der Waals surface area contributed by atoms with Crippen molar-refractivity contribution in [1.82, 2.24) is 24.9 Å². The number of hydrogen-bond acceptors (Lipinski definition) is 11. The molecule has 1 atom stereocenters. The van der Waals surface area contributed by atoms with E-state index in [0.29, 0.717) is 28.1 Å². The Balaban J connectivity index is 1.44. The van der Waals surface area contributed by atoms with E-state index in [1.165, 1.54) is 6.92 Å². The summed E-state index contributed by atoms with van der Waals surface area (Å²) < 4.78 is 0. The third-order valence-corrected chi connectivity index (χ3v) is 4.50. The van der Waals surface area contributed by atoms with E-state index in [-0.39, 0.29) is 23.5 Å². The number of rotatable bonds is 7. The molecule has 0 saturated carbocycles. The predicted molar refractivity (Wildman–Crippen MR) is 125 cm³/mol. The van der Waals surface area contributed by atoms with Crippen molar-refractivity contribution in [2.45, 2.75) is 13.0 Å². The van der Waals surface area contributed by atoms with E-state index in [4.69, 9.17) is 11.5 Å². The third kappa shape index (κ3) is 5.18. The molecule has 0 spiro atoms. The van der Waals surface area contributed by atoms with Gasteiger partial charge >= 0.3 is 5.69 Å². The number of carbonyl (C=O) groups excluding carboxylic acids is 2. The van der Waals surface area contributed by atoms with Crippen LogP contribution in [0.2, 0.25) is 0 Å². The number of azo groups is 1. The number of imidazole rings is 1. The lowest BCUT2D eigenvalue weighted by Gasteiger charge is -2.09. The van der Waals surface area contributed by atoms with Crippen LogP contribution < -0.4 is 27.8 Å². The molecule has 1 amide bonds. The van der Waals surface area contributed by atoms with E-state index in [1.54, 1.807) is 42.5 Å². The van der Waals surface area contributed by atoms with Crippen LogP contribution in [-0.4, -0.2) is 42.7 Å². The maximum absolute atomic E-state index is 12.6. The van der Waals surface area contributed by atoms with Gasteiger partial charge in [0.2, 0.25) is 23.9 Å². The van der Waals surface area contributed by atoms with Crippen LogP contribution in [0.15, 0.2) is 57.5 Å². The number of nitrogen functional groups attached to an aromatic ring is 2. The molecular formula is C20H19N11O3.